The maximum Gasteiger partial charge on any atom is 0.158 e. The molecule has 0 spiro atoms. The lowest BCUT2D eigenvalue weighted by Crippen LogP contribution is -2.27. The first-order valence-electron chi connectivity index (χ1n) is 4.86. The van der Waals surface area contributed by atoms with Crippen LogP contribution >= 0.6 is 0 Å². The summed E-state index contributed by atoms with van der Waals surface area (Å²) < 4.78 is 10.2. The van der Waals surface area contributed by atoms with Crippen molar-refractivity contribution in [3.8, 4) is 6.07 Å². The van der Waals surface area contributed by atoms with E-state index >= 15 is 0 Å². The number of hydrogen-bond donors (Lipinski definition) is 0. The molecule has 0 saturated heterocycles. The molecule has 0 bridgehead atoms. The second-order valence-electron chi connectivity index (χ2n) is 3.48. The van der Waals surface area contributed by atoms with Gasteiger partial charge in [-0.2, -0.15) is 5.26 Å². The minimum atomic E-state index is -0.514. The number of ether oxygens (including phenoxy) is 2. The van der Waals surface area contributed by atoms with E-state index in [0.29, 0.717) is 19.3 Å². The molecule has 0 fully saturated rings. The van der Waals surface area contributed by atoms with E-state index in [4.69, 9.17) is 9.47 Å². The average Bonchev–Trinajstić information content (AvgIpc) is 2.26. The van der Waals surface area contributed by atoms with Crippen LogP contribution in [0.4, 0.5) is 0 Å². The predicted octanol–water partition coefficient (Wildman–Crippen LogP) is 2.66. The van der Waals surface area contributed by atoms with Crippen LogP contribution in [0.15, 0.2) is 25.3 Å². The second kappa shape index (κ2) is 7.22. The summed E-state index contributed by atoms with van der Waals surface area (Å²) in [5.41, 5.74) is -0.514. The highest BCUT2D eigenvalue weighted by molar-refractivity contribution is 5.05. The normalized spacial score (nSPS) is 11.1. The fraction of sp³-hybridized carbons (Fsp3) is 0.583. The quantitative estimate of drug-likeness (QED) is 0.456. The maximum absolute atomic E-state index is 9.22. The van der Waals surface area contributed by atoms with Crippen LogP contribution in [0, 0.1) is 16.7 Å². The van der Waals surface area contributed by atoms with E-state index in [-0.39, 0.29) is 6.29 Å². The standard InChI is InChI=1S/C12H19NO2/c1-5-7-12(10-13,8-6-2)9-11(14-3)15-4/h5-6,11H,1-2,7-9H2,3-4H3. The number of hydrogen-bond acceptors (Lipinski definition) is 3. The van der Waals surface area contributed by atoms with Gasteiger partial charge in [0.05, 0.1) is 11.5 Å². The average molecular weight is 209 g/mol. The topological polar surface area (TPSA) is 42.2 Å². The van der Waals surface area contributed by atoms with Crippen molar-refractivity contribution in [1.29, 1.82) is 5.26 Å². The fourth-order valence-electron chi connectivity index (χ4n) is 1.52. The number of nitrogens with zero attached hydrogens (tertiary/aromatic N) is 1. The monoisotopic (exact) mass is 209 g/mol. The zero-order valence-electron chi connectivity index (χ0n) is 9.53. The van der Waals surface area contributed by atoms with E-state index in [9.17, 15) is 5.26 Å². The van der Waals surface area contributed by atoms with Crippen LogP contribution < -0.4 is 0 Å². The van der Waals surface area contributed by atoms with Crippen molar-refractivity contribution < 1.29 is 9.47 Å². The second-order valence-corrected chi connectivity index (χ2v) is 3.48. The van der Waals surface area contributed by atoms with Crippen LogP contribution in [0.5, 0.6) is 0 Å². The lowest BCUT2D eigenvalue weighted by atomic mass is 9.79. The third-order valence-corrected chi connectivity index (χ3v) is 2.39. The van der Waals surface area contributed by atoms with Gasteiger partial charge in [0.25, 0.3) is 0 Å². The maximum atomic E-state index is 9.22. The summed E-state index contributed by atoms with van der Waals surface area (Å²) in [5, 5.41) is 9.22. The zero-order chi connectivity index (χ0) is 11.7. The predicted molar refractivity (Wildman–Crippen MR) is 60.1 cm³/mol. The third-order valence-electron chi connectivity index (χ3n) is 2.39. The van der Waals surface area contributed by atoms with Gasteiger partial charge in [-0.3, -0.25) is 0 Å². The molecule has 0 N–H and O–H groups in total. The molecule has 0 unspecified atom stereocenters. The van der Waals surface area contributed by atoms with Gasteiger partial charge in [0.15, 0.2) is 6.29 Å². The zero-order valence-corrected chi connectivity index (χ0v) is 9.53. The van der Waals surface area contributed by atoms with Crippen molar-refractivity contribution in [2.75, 3.05) is 14.2 Å². The molecule has 3 nitrogen and oxygen atoms in total. The molecular formula is C12H19NO2. The molecule has 0 rings (SSSR count). The lowest BCUT2D eigenvalue weighted by molar-refractivity contribution is -0.119. The molecule has 0 heterocycles. The first-order valence-corrected chi connectivity index (χ1v) is 4.86. The summed E-state index contributed by atoms with van der Waals surface area (Å²) in [6, 6.07) is 2.31. The molecule has 0 radical (unpaired) electrons. The Morgan fingerprint density at radius 1 is 1.27 bits per heavy atom. The van der Waals surface area contributed by atoms with Crippen molar-refractivity contribution >= 4 is 0 Å². The SMILES string of the molecule is C=CCC(C#N)(CC=C)CC(OC)OC. The van der Waals surface area contributed by atoms with E-state index in [2.05, 4.69) is 19.2 Å². The Balaban J connectivity index is 4.66. The van der Waals surface area contributed by atoms with Gasteiger partial charge in [-0.1, -0.05) is 12.2 Å². The van der Waals surface area contributed by atoms with Crippen LogP contribution in [0.1, 0.15) is 19.3 Å². The number of allylic oxidation sites excluding steroid dienone is 2. The van der Waals surface area contributed by atoms with Crippen molar-refractivity contribution in [2.45, 2.75) is 25.6 Å². The summed E-state index contributed by atoms with van der Waals surface area (Å²) in [7, 11) is 3.14. The highest BCUT2D eigenvalue weighted by Crippen LogP contribution is 2.33. The Labute approximate surface area is 92.0 Å². The van der Waals surface area contributed by atoms with Crippen molar-refractivity contribution in [3.63, 3.8) is 0 Å². The summed E-state index contributed by atoms with van der Waals surface area (Å²) in [6.45, 7) is 7.34. The summed E-state index contributed by atoms with van der Waals surface area (Å²) >= 11 is 0. The van der Waals surface area contributed by atoms with Gasteiger partial charge in [0.1, 0.15) is 0 Å². The molecule has 0 atom stereocenters. The molecule has 0 aliphatic heterocycles. The Morgan fingerprint density at radius 3 is 2.00 bits per heavy atom. The molecule has 0 saturated carbocycles. The molecule has 0 aliphatic carbocycles. The van der Waals surface area contributed by atoms with Crippen molar-refractivity contribution in [2.24, 2.45) is 5.41 Å². The molecule has 15 heavy (non-hydrogen) atoms. The van der Waals surface area contributed by atoms with Gasteiger partial charge >= 0.3 is 0 Å². The smallest absolute Gasteiger partial charge is 0.158 e. The van der Waals surface area contributed by atoms with Crippen molar-refractivity contribution in [3.05, 3.63) is 25.3 Å². The first-order chi connectivity index (χ1) is 7.17. The van der Waals surface area contributed by atoms with Crippen LogP contribution in [0.2, 0.25) is 0 Å². The molecule has 84 valence electrons. The van der Waals surface area contributed by atoms with Gasteiger partial charge in [-0.15, -0.1) is 13.2 Å². The summed E-state index contributed by atoms with van der Waals surface area (Å²) in [4.78, 5) is 0. The van der Waals surface area contributed by atoms with Gasteiger partial charge in [-0.05, 0) is 12.8 Å². The van der Waals surface area contributed by atoms with Crippen LogP contribution in [-0.4, -0.2) is 20.5 Å². The minimum Gasteiger partial charge on any atom is -0.356 e. The largest absolute Gasteiger partial charge is 0.356 e. The highest BCUT2D eigenvalue weighted by atomic mass is 16.7. The lowest BCUT2D eigenvalue weighted by Gasteiger charge is -2.27. The van der Waals surface area contributed by atoms with Gasteiger partial charge in [0.2, 0.25) is 0 Å². The Hall–Kier alpha value is -1.11. The van der Waals surface area contributed by atoms with Crippen LogP contribution in [-0.2, 0) is 9.47 Å². The molecule has 0 aliphatic rings. The van der Waals surface area contributed by atoms with E-state index in [1.807, 2.05) is 0 Å². The number of rotatable bonds is 8. The third kappa shape index (κ3) is 4.28. The number of nitriles is 1. The Morgan fingerprint density at radius 2 is 1.73 bits per heavy atom. The molecule has 0 amide bonds. The van der Waals surface area contributed by atoms with Crippen LogP contribution in [0.3, 0.4) is 0 Å². The summed E-state index contributed by atoms with van der Waals surface area (Å²) in [5.74, 6) is 0. The molecular weight excluding hydrogens is 190 g/mol. The highest BCUT2D eigenvalue weighted by Gasteiger charge is 2.31. The van der Waals surface area contributed by atoms with Gasteiger partial charge in [0, 0.05) is 20.6 Å². The number of methoxy groups -OCH3 is 2. The molecule has 0 aromatic rings. The first kappa shape index (κ1) is 13.9. The van der Waals surface area contributed by atoms with E-state index in [1.165, 1.54) is 0 Å². The minimum absolute atomic E-state index is 0.357. The van der Waals surface area contributed by atoms with Gasteiger partial charge < -0.3 is 9.47 Å². The Kier molecular flexibility index (Phi) is 6.68. The molecule has 0 aromatic heterocycles. The molecule has 3 heteroatoms. The van der Waals surface area contributed by atoms with E-state index in [1.54, 1.807) is 26.4 Å². The van der Waals surface area contributed by atoms with Crippen LogP contribution in [0.25, 0.3) is 0 Å². The summed E-state index contributed by atoms with van der Waals surface area (Å²) in [6.07, 6.45) is 4.88. The fourth-order valence-corrected chi connectivity index (χ4v) is 1.52. The Bertz CT molecular complexity index is 228. The van der Waals surface area contributed by atoms with Gasteiger partial charge in [-0.25, -0.2) is 0 Å². The molecule has 0 aromatic carbocycles. The van der Waals surface area contributed by atoms with Crippen molar-refractivity contribution in [1.82, 2.24) is 0 Å². The van der Waals surface area contributed by atoms with E-state index < -0.39 is 5.41 Å². The van der Waals surface area contributed by atoms with E-state index in [0.717, 1.165) is 0 Å².